The summed E-state index contributed by atoms with van der Waals surface area (Å²) in [7, 11) is 4.75. The maximum absolute atomic E-state index is 11.8. The van der Waals surface area contributed by atoms with Gasteiger partial charge in [-0.1, -0.05) is 6.07 Å². The number of anilines is 3. The number of hydrogen-bond acceptors (Lipinski definition) is 10. The van der Waals surface area contributed by atoms with Gasteiger partial charge in [0, 0.05) is 29.8 Å². The molecule has 2 aromatic heterocycles. The second-order valence-corrected chi connectivity index (χ2v) is 7.04. The van der Waals surface area contributed by atoms with Crippen LogP contribution in [0.3, 0.4) is 0 Å². The zero-order chi connectivity index (χ0) is 24.7. The fourth-order valence-electron chi connectivity index (χ4n) is 3.34. The molecule has 0 aliphatic heterocycles. The standard InChI is InChI=1S/C19H23N5O3.C4H3FN2/c1-10-11(5-6-13-16(10)18(20)24-19(21)23-13)9-22-12-7-14(25-2)17(27-4)15(8-12)26-3;5-4-1-6-3-7-2-4/h5-8,22H,9H2,1-4H3,(H4,20,21,23,24);1-3H. The molecule has 0 amide bonds. The largest absolute Gasteiger partial charge is 0.493 e. The molecule has 178 valence electrons. The van der Waals surface area contributed by atoms with Gasteiger partial charge in [0.05, 0.1) is 39.2 Å². The molecule has 0 fully saturated rings. The fourth-order valence-corrected chi connectivity index (χ4v) is 3.34. The van der Waals surface area contributed by atoms with E-state index in [1.807, 2.05) is 31.2 Å². The smallest absolute Gasteiger partial charge is 0.222 e. The first-order valence-corrected chi connectivity index (χ1v) is 10.1. The van der Waals surface area contributed by atoms with Gasteiger partial charge in [0.2, 0.25) is 11.7 Å². The number of halogens is 1. The van der Waals surface area contributed by atoms with Gasteiger partial charge in [-0.15, -0.1) is 0 Å². The number of nitrogens with zero attached hydrogens (tertiary/aromatic N) is 4. The molecular weight excluding hydrogens is 441 g/mol. The van der Waals surface area contributed by atoms with Crippen LogP contribution < -0.4 is 31.0 Å². The second-order valence-electron chi connectivity index (χ2n) is 7.04. The summed E-state index contributed by atoms with van der Waals surface area (Å²) >= 11 is 0. The Balaban J connectivity index is 0.000000396. The minimum absolute atomic E-state index is 0.169. The summed E-state index contributed by atoms with van der Waals surface area (Å²) in [6, 6.07) is 7.60. The van der Waals surface area contributed by atoms with Crippen molar-refractivity contribution in [3.05, 3.63) is 59.9 Å². The van der Waals surface area contributed by atoms with Crippen LogP contribution in [0.15, 0.2) is 43.0 Å². The van der Waals surface area contributed by atoms with Crippen molar-refractivity contribution in [3.63, 3.8) is 0 Å². The molecule has 0 atom stereocenters. The average Bonchev–Trinajstić information content (AvgIpc) is 2.83. The molecule has 0 bridgehead atoms. The predicted molar refractivity (Wildman–Crippen MR) is 129 cm³/mol. The molecular formula is C23H26FN7O3. The van der Waals surface area contributed by atoms with E-state index < -0.39 is 5.82 Å². The number of nitrogens with one attached hydrogen (secondary N) is 1. The van der Waals surface area contributed by atoms with Crippen molar-refractivity contribution in [1.29, 1.82) is 0 Å². The van der Waals surface area contributed by atoms with Crippen molar-refractivity contribution in [2.24, 2.45) is 0 Å². The molecule has 0 aliphatic carbocycles. The molecule has 0 spiro atoms. The number of nitrogen functional groups attached to an aromatic ring is 2. The van der Waals surface area contributed by atoms with E-state index in [9.17, 15) is 4.39 Å². The topological polar surface area (TPSA) is 143 Å². The van der Waals surface area contributed by atoms with E-state index in [2.05, 4.69) is 25.3 Å². The summed E-state index contributed by atoms with van der Waals surface area (Å²) in [6.45, 7) is 2.56. The Hall–Kier alpha value is -4.41. The summed E-state index contributed by atoms with van der Waals surface area (Å²) in [5.41, 5.74) is 15.4. The van der Waals surface area contributed by atoms with Crippen molar-refractivity contribution in [2.75, 3.05) is 38.1 Å². The second kappa shape index (κ2) is 10.9. The normalized spacial score (nSPS) is 10.3. The number of methoxy groups -OCH3 is 3. The number of nitrogens with two attached hydrogens (primary N) is 2. The van der Waals surface area contributed by atoms with Crippen molar-refractivity contribution in [3.8, 4) is 17.2 Å². The number of hydrogen-bond donors (Lipinski definition) is 3. The van der Waals surface area contributed by atoms with Crippen LogP contribution in [0, 0.1) is 12.7 Å². The van der Waals surface area contributed by atoms with E-state index in [1.165, 1.54) is 6.33 Å². The molecule has 2 heterocycles. The maximum atomic E-state index is 11.8. The molecule has 0 saturated carbocycles. The molecule has 0 saturated heterocycles. The first-order chi connectivity index (χ1) is 16.4. The van der Waals surface area contributed by atoms with E-state index in [1.54, 1.807) is 21.3 Å². The zero-order valence-corrected chi connectivity index (χ0v) is 19.3. The Morgan fingerprint density at radius 3 is 2.12 bits per heavy atom. The van der Waals surface area contributed by atoms with Gasteiger partial charge in [-0.25, -0.2) is 19.3 Å². The van der Waals surface area contributed by atoms with Crippen LogP contribution in [0.4, 0.5) is 21.8 Å². The number of ether oxygens (including phenoxy) is 3. The Morgan fingerprint density at radius 2 is 1.59 bits per heavy atom. The Labute approximate surface area is 196 Å². The molecule has 11 heteroatoms. The van der Waals surface area contributed by atoms with Crippen LogP contribution in [0.25, 0.3) is 10.9 Å². The Morgan fingerprint density at radius 1 is 0.941 bits per heavy atom. The molecule has 10 nitrogen and oxygen atoms in total. The van der Waals surface area contributed by atoms with Crippen LogP contribution in [0.5, 0.6) is 17.2 Å². The third kappa shape index (κ3) is 5.49. The van der Waals surface area contributed by atoms with E-state index in [4.69, 9.17) is 25.7 Å². The molecule has 34 heavy (non-hydrogen) atoms. The van der Waals surface area contributed by atoms with Crippen LogP contribution >= 0.6 is 0 Å². The van der Waals surface area contributed by atoms with Gasteiger partial charge < -0.3 is 31.0 Å². The quantitative estimate of drug-likeness (QED) is 0.386. The minimum Gasteiger partial charge on any atom is -0.493 e. The predicted octanol–water partition coefficient (Wildman–Crippen LogP) is 3.36. The Bertz CT molecular complexity index is 1250. The molecule has 4 rings (SSSR count). The summed E-state index contributed by atoms with van der Waals surface area (Å²) in [5, 5.41) is 4.19. The van der Waals surface area contributed by atoms with Gasteiger partial charge >= 0.3 is 0 Å². The van der Waals surface area contributed by atoms with E-state index in [0.29, 0.717) is 29.6 Å². The van der Waals surface area contributed by atoms with Crippen LogP contribution in [0.1, 0.15) is 11.1 Å². The Kier molecular flexibility index (Phi) is 7.80. The highest BCUT2D eigenvalue weighted by Gasteiger charge is 2.14. The lowest BCUT2D eigenvalue weighted by Gasteiger charge is -2.16. The highest BCUT2D eigenvalue weighted by molar-refractivity contribution is 5.92. The highest BCUT2D eigenvalue weighted by atomic mass is 19.1. The van der Waals surface area contributed by atoms with Gasteiger partial charge in [0.25, 0.3) is 0 Å². The lowest BCUT2D eigenvalue weighted by atomic mass is 10.0. The number of fused-ring (bicyclic) bond motifs is 1. The zero-order valence-electron chi connectivity index (χ0n) is 19.3. The fraction of sp³-hybridized carbons (Fsp3) is 0.217. The van der Waals surface area contributed by atoms with Crippen LogP contribution in [-0.2, 0) is 6.54 Å². The lowest BCUT2D eigenvalue weighted by Crippen LogP contribution is -2.06. The summed E-state index contributed by atoms with van der Waals surface area (Å²) in [5.74, 6) is 1.87. The molecule has 4 aromatic rings. The van der Waals surface area contributed by atoms with E-state index in [-0.39, 0.29) is 5.95 Å². The maximum Gasteiger partial charge on any atom is 0.222 e. The van der Waals surface area contributed by atoms with E-state index in [0.717, 1.165) is 40.1 Å². The van der Waals surface area contributed by atoms with Gasteiger partial charge in [-0.05, 0) is 24.1 Å². The third-order valence-corrected chi connectivity index (χ3v) is 4.96. The number of aryl methyl sites for hydroxylation is 1. The van der Waals surface area contributed by atoms with Gasteiger partial charge in [-0.2, -0.15) is 4.98 Å². The van der Waals surface area contributed by atoms with E-state index >= 15 is 0 Å². The van der Waals surface area contributed by atoms with Crippen molar-refractivity contribution < 1.29 is 18.6 Å². The van der Waals surface area contributed by atoms with Gasteiger partial charge in [0.15, 0.2) is 17.3 Å². The summed E-state index contributed by atoms with van der Waals surface area (Å²) in [6.07, 6.45) is 3.49. The van der Waals surface area contributed by atoms with Crippen LogP contribution in [0.2, 0.25) is 0 Å². The average molecular weight is 468 g/mol. The van der Waals surface area contributed by atoms with Gasteiger partial charge in [0.1, 0.15) is 12.1 Å². The molecule has 0 radical (unpaired) electrons. The molecule has 0 aliphatic rings. The monoisotopic (exact) mass is 467 g/mol. The van der Waals surface area contributed by atoms with Gasteiger partial charge in [-0.3, -0.25) is 0 Å². The van der Waals surface area contributed by atoms with Crippen LogP contribution in [-0.4, -0.2) is 41.3 Å². The first-order valence-electron chi connectivity index (χ1n) is 10.1. The number of rotatable bonds is 6. The van der Waals surface area contributed by atoms with Crippen molar-refractivity contribution in [1.82, 2.24) is 19.9 Å². The minimum atomic E-state index is -0.400. The third-order valence-electron chi connectivity index (χ3n) is 4.96. The lowest BCUT2D eigenvalue weighted by molar-refractivity contribution is 0.324. The summed E-state index contributed by atoms with van der Waals surface area (Å²) < 4.78 is 27.9. The molecule has 2 aromatic carbocycles. The molecule has 5 N–H and O–H groups in total. The number of benzene rings is 2. The highest BCUT2D eigenvalue weighted by Crippen LogP contribution is 2.40. The molecule has 0 unspecified atom stereocenters. The first kappa shape index (κ1) is 24.2. The SMILES string of the molecule is COc1cc(NCc2ccc3nc(N)nc(N)c3c2C)cc(OC)c1OC.Fc1cncnc1. The van der Waals surface area contributed by atoms with Crippen molar-refractivity contribution >= 4 is 28.4 Å². The number of aromatic nitrogens is 4. The summed E-state index contributed by atoms with van der Waals surface area (Å²) in [4.78, 5) is 15.1. The van der Waals surface area contributed by atoms with Crippen molar-refractivity contribution in [2.45, 2.75) is 13.5 Å².